The van der Waals surface area contributed by atoms with E-state index in [0.717, 1.165) is 25.1 Å². The Bertz CT molecular complexity index is 414. The Morgan fingerprint density at radius 2 is 2.39 bits per heavy atom. The molecule has 1 aromatic heterocycles. The van der Waals surface area contributed by atoms with Crippen LogP contribution in [-0.4, -0.2) is 38.4 Å². The van der Waals surface area contributed by atoms with Gasteiger partial charge in [0.25, 0.3) is 0 Å². The zero-order valence-corrected chi connectivity index (χ0v) is 11.0. The fourth-order valence-corrected chi connectivity index (χ4v) is 2.30. The summed E-state index contributed by atoms with van der Waals surface area (Å²) in [6.45, 7) is 5.06. The maximum absolute atomic E-state index is 12.2. The Morgan fingerprint density at radius 1 is 1.61 bits per heavy atom. The van der Waals surface area contributed by atoms with E-state index in [1.165, 1.54) is 6.42 Å². The second-order valence-electron chi connectivity index (χ2n) is 5.06. The Hall–Kier alpha value is -1.43. The van der Waals surface area contributed by atoms with Crippen LogP contribution in [0.25, 0.3) is 0 Å². The summed E-state index contributed by atoms with van der Waals surface area (Å²) in [5.74, 6) is 0.114. The van der Waals surface area contributed by atoms with Crippen LogP contribution < -0.4 is 5.73 Å². The Morgan fingerprint density at radius 3 is 3.00 bits per heavy atom. The van der Waals surface area contributed by atoms with E-state index in [2.05, 4.69) is 17.2 Å². The van der Waals surface area contributed by atoms with Gasteiger partial charge in [-0.3, -0.25) is 4.79 Å². The first-order chi connectivity index (χ1) is 8.58. The molecule has 1 aromatic rings. The summed E-state index contributed by atoms with van der Waals surface area (Å²) >= 11 is 0. The lowest BCUT2D eigenvalue weighted by atomic mass is 10.0. The summed E-state index contributed by atoms with van der Waals surface area (Å²) in [7, 11) is 0. The molecule has 1 aliphatic rings. The number of piperidine rings is 1. The molecule has 2 rings (SSSR count). The monoisotopic (exact) mass is 251 g/mol. The number of carbonyl (C=O) groups is 1. The summed E-state index contributed by atoms with van der Waals surface area (Å²) in [5, 5.41) is 7.89. The third-order valence-corrected chi connectivity index (χ3v) is 3.44. The number of hydrogen-bond acceptors (Lipinski definition) is 4. The lowest BCUT2D eigenvalue weighted by Gasteiger charge is -2.33. The molecule has 1 amide bonds. The maximum Gasteiger partial charge on any atom is 0.244 e. The highest BCUT2D eigenvalue weighted by atomic mass is 16.2. The minimum atomic E-state index is -0.150. The SMILES string of the molecule is CC(N)c1cn(CC(=O)N2CCCCC2C)nn1. The van der Waals surface area contributed by atoms with Crippen molar-refractivity contribution in [3.63, 3.8) is 0 Å². The topological polar surface area (TPSA) is 77.0 Å². The van der Waals surface area contributed by atoms with Crippen molar-refractivity contribution in [1.82, 2.24) is 19.9 Å². The van der Waals surface area contributed by atoms with Gasteiger partial charge in [0.05, 0.1) is 11.9 Å². The van der Waals surface area contributed by atoms with Crippen molar-refractivity contribution in [2.24, 2.45) is 5.73 Å². The molecule has 2 atom stereocenters. The minimum Gasteiger partial charge on any atom is -0.338 e. The van der Waals surface area contributed by atoms with Gasteiger partial charge in [-0.2, -0.15) is 0 Å². The van der Waals surface area contributed by atoms with Crippen molar-refractivity contribution >= 4 is 5.91 Å². The van der Waals surface area contributed by atoms with Crippen LogP contribution in [0.15, 0.2) is 6.20 Å². The number of amides is 1. The highest BCUT2D eigenvalue weighted by molar-refractivity contribution is 5.76. The van der Waals surface area contributed by atoms with E-state index in [1.807, 2.05) is 11.8 Å². The highest BCUT2D eigenvalue weighted by Crippen LogP contribution is 2.16. The molecule has 0 aromatic carbocycles. The quantitative estimate of drug-likeness (QED) is 0.857. The molecule has 6 nitrogen and oxygen atoms in total. The van der Waals surface area contributed by atoms with Gasteiger partial charge in [0.2, 0.25) is 5.91 Å². The Labute approximate surface area is 107 Å². The van der Waals surface area contributed by atoms with Gasteiger partial charge in [0.1, 0.15) is 6.54 Å². The number of nitrogens with two attached hydrogens (primary N) is 1. The van der Waals surface area contributed by atoms with Crippen molar-refractivity contribution in [3.05, 3.63) is 11.9 Å². The van der Waals surface area contributed by atoms with Crippen molar-refractivity contribution < 1.29 is 4.79 Å². The van der Waals surface area contributed by atoms with Gasteiger partial charge in [-0.05, 0) is 33.1 Å². The zero-order chi connectivity index (χ0) is 13.1. The molecule has 0 bridgehead atoms. The summed E-state index contributed by atoms with van der Waals surface area (Å²) in [6.07, 6.45) is 5.15. The molecule has 100 valence electrons. The minimum absolute atomic E-state index is 0.114. The van der Waals surface area contributed by atoms with Gasteiger partial charge in [-0.25, -0.2) is 4.68 Å². The summed E-state index contributed by atoms with van der Waals surface area (Å²) < 4.78 is 1.57. The first-order valence-corrected chi connectivity index (χ1v) is 6.53. The van der Waals surface area contributed by atoms with E-state index in [4.69, 9.17) is 5.73 Å². The molecule has 1 saturated heterocycles. The van der Waals surface area contributed by atoms with Crippen LogP contribution >= 0.6 is 0 Å². The molecule has 0 aliphatic carbocycles. The van der Waals surface area contributed by atoms with Crippen LogP contribution in [0.4, 0.5) is 0 Å². The van der Waals surface area contributed by atoms with Gasteiger partial charge in [-0.1, -0.05) is 5.21 Å². The fourth-order valence-electron chi connectivity index (χ4n) is 2.30. The van der Waals surface area contributed by atoms with E-state index < -0.39 is 0 Å². The van der Waals surface area contributed by atoms with Gasteiger partial charge in [-0.15, -0.1) is 5.10 Å². The molecule has 0 spiro atoms. The number of likely N-dealkylation sites (tertiary alicyclic amines) is 1. The van der Waals surface area contributed by atoms with Gasteiger partial charge < -0.3 is 10.6 Å². The van der Waals surface area contributed by atoms with Crippen molar-refractivity contribution in [2.45, 2.75) is 51.7 Å². The molecular formula is C12H21N5O. The van der Waals surface area contributed by atoms with E-state index in [9.17, 15) is 4.79 Å². The number of aromatic nitrogens is 3. The number of hydrogen-bond donors (Lipinski definition) is 1. The molecule has 18 heavy (non-hydrogen) atoms. The zero-order valence-electron chi connectivity index (χ0n) is 11.0. The standard InChI is InChI=1S/C12H21N5O/c1-9-5-3-4-6-17(9)12(18)8-16-7-11(10(2)13)14-15-16/h7,9-10H,3-6,8,13H2,1-2H3. The second kappa shape index (κ2) is 5.48. The Kier molecular flexibility index (Phi) is 3.96. The highest BCUT2D eigenvalue weighted by Gasteiger charge is 2.23. The normalized spacial score (nSPS) is 21.9. The van der Waals surface area contributed by atoms with Crippen molar-refractivity contribution in [2.75, 3.05) is 6.54 Å². The van der Waals surface area contributed by atoms with Crippen molar-refractivity contribution in [3.8, 4) is 0 Å². The molecule has 1 fully saturated rings. The van der Waals surface area contributed by atoms with E-state index >= 15 is 0 Å². The van der Waals surface area contributed by atoms with Gasteiger partial charge in [0, 0.05) is 18.6 Å². The smallest absolute Gasteiger partial charge is 0.244 e. The molecule has 2 N–H and O–H groups in total. The molecule has 6 heteroatoms. The predicted molar refractivity (Wildman–Crippen MR) is 67.7 cm³/mol. The van der Waals surface area contributed by atoms with Gasteiger partial charge in [0.15, 0.2) is 0 Å². The van der Waals surface area contributed by atoms with Gasteiger partial charge >= 0.3 is 0 Å². The maximum atomic E-state index is 12.2. The van der Waals surface area contributed by atoms with Crippen LogP contribution in [-0.2, 0) is 11.3 Å². The van der Waals surface area contributed by atoms with Crippen LogP contribution in [0.1, 0.15) is 44.8 Å². The van der Waals surface area contributed by atoms with Crippen molar-refractivity contribution in [1.29, 1.82) is 0 Å². The number of carbonyl (C=O) groups excluding carboxylic acids is 1. The molecule has 1 aliphatic heterocycles. The van der Waals surface area contributed by atoms with Crippen LogP contribution in [0.2, 0.25) is 0 Å². The summed E-state index contributed by atoms with van der Waals surface area (Å²) in [6, 6.07) is 0.186. The number of nitrogens with zero attached hydrogens (tertiary/aromatic N) is 4. The largest absolute Gasteiger partial charge is 0.338 e. The Balaban J connectivity index is 1.97. The molecule has 0 saturated carbocycles. The lowest BCUT2D eigenvalue weighted by Crippen LogP contribution is -2.43. The van der Waals surface area contributed by atoms with Crippen LogP contribution in [0.5, 0.6) is 0 Å². The third-order valence-electron chi connectivity index (χ3n) is 3.44. The lowest BCUT2D eigenvalue weighted by molar-refractivity contribution is -0.135. The molecule has 2 heterocycles. The number of rotatable bonds is 3. The first kappa shape index (κ1) is 13.0. The van der Waals surface area contributed by atoms with E-state index in [0.29, 0.717) is 6.04 Å². The average Bonchev–Trinajstić information content (AvgIpc) is 2.78. The molecular weight excluding hydrogens is 230 g/mol. The summed E-state index contributed by atoms with van der Waals surface area (Å²) in [4.78, 5) is 14.1. The van der Waals surface area contributed by atoms with Crippen LogP contribution in [0.3, 0.4) is 0 Å². The second-order valence-corrected chi connectivity index (χ2v) is 5.06. The van der Waals surface area contributed by atoms with E-state index in [-0.39, 0.29) is 18.5 Å². The van der Waals surface area contributed by atoms with Crippen LogP contribution in [0, 0.1) is 0 Å². The molecule has 0 radical (unpaired) electrons. The molecule has 2 unspecified atom stereocenters. The first-order valence-electron chi connectivity index (χ1n) is 6.53. The summed E-state index contributed by atoms with van der Waals surface area (Å²) in [5.41, 5.74) is 6.43. The predicted octanol–water partition coefficient (Wildman–Crippen LogP) is 0.699. The third kappa shape index (κ3) is 2.87. The average molecular weight is 251 g/mol. The van der Waals surface area contributed by atoms with E-state index in [1.54, 1.807) is 10.9 Å². The fraction of sp³-hybridized carbons (Fsp3) is 0.750.